The van der Waals surface area contributed by atoms with Crippen LogP contribution < -0.4 is 5.73 Å². The van der Waals surface area contributed by atoms with Gasteiger partial charge in [0.2, 0.25) is 0 Å². The van der Waals surface area contributed by atoms with Crippen molar-refractivity contribution in [2.45, 2.75) is 69.4 Å². The number of hydrogen-bond acceptors (Lipinski definition) is 2. The second-order valence-electron chi connectivity index (χ2n) is 5.23. The largest absolute Gasteiger partial charge is 0.390 e. The predicted molar refractivity (Wildman–Crippen MR) is 56.0 cm³/mol. The van der Waals surface area contributed by atoms with Crippen molar-refractivity contribution in [3.05, 3.63) is 0 Å². The number of piperidine rings is 1. The molecule has 0 saturated carbocycles. The average molecular weight is 236 g/mol. The summed E-state index contributed by atoms with van der Waals surface area (Å²) in [6.45, 7) is 1.69. The van der Waals surface area contributed by atoms with Crippen LogP contribution in [0, 0.1) is 0 Å². The normalized spacial score (nSPS) is 37.7. The van der Waals surface area contributed by atoms with Crippen LogP contribution in [0.25, 0.3) is 0 Å². The van der Waals surface area contributed by atoms with Crippen LogP contribution in [0.15, 0.2) is 0 Å². The van der Waals surface area contributed by atoms with Gasteiger partial charge in [0.05, 0.1) is 6.42 Å². The summed E-state index contributed by atoms with van der Waals surface area (Å²) in [6.07, 6.45) is -1.01. The van der Waals surface area contributed by atoms with Crippen LogP contribution in [0.2, 0.25) is 0 Å². The average Bonchev–Trinajstić information content (AvgIpc) is 2.36. The summed E-state index contributed by atoms with van der Waals surface area (Å²) in [4.78, 5) is 2.07. The summed E-state index contributed by atoms with van der Waals surface area (Å²) in [7, 11) is 0. The van der Waals surface area contributed by atoms with Crippen molar-refractivity contribution in [2.75, 3.05) is 0 Å². The molecule has 2 N–H and O–H groups in total. The molecular weight excluding hydrogens is 217 g/mol. The van der Waals surface area contributed by atoms with Gasteiger partial charge >= 0.3 is 6.18 Å². The van der Waals surface area contributed by atoms with Gasteiger partial charge in [-0.05, 0) is 32.6 Å². The van der Waals surface area contributed by atoms with Gasteiger partial charge in [0.1, 0.15) is 0 Å². The Balaban J connectivity index is 2.00. The first-order valence-corrected chi connectivity index (χ1v) is 5.96. The molecule has 94 valence electrons. The van der Waals surface area contributed by atoms with Gasteiger partial charge in [0, 0.05) is 24.2 Å². The van der Waals surface area contributed by atoms with E-state index in [1.165, 1.54) is 0 Å². The Bertz CT molecular complexity index is 240. The van der Waals surface area contributed by atoms with Gasteiger partial charge in [0.25, 0.3) is 0 Å². The molecule has 2 aliphatic heterocycles. The molecule has 0 aromatic carbocycles. The smallest absolute Gasteiger partial charge is 0.328 e. The fourth-order valence-electron chi connectivity index (χ4n) is 3.42. The monoisotopic (exact) mass is 236 g/mol. The van der Waals surface area contributed by atoms with Crippen LogP contribution in [0.4, 0.5) is 13.2 Å². The zero-order valence-corrected chi connectivity index (χ0v) is 9.50. The maximum Gasteiger partial charge on any atom is 0.390 e. The quantitative estimate of drug-likeness (QED) is 0.797. The van der Waals surface area contributed by atoms with Crippen LogP contribution in [0.5, 0.6) is 0 Å². The molecule has 2 nitrogen and oxygen atoms in total. The number of hydrogen-bond donors (Lipinski definition) is 1. The van der Waals surface area contributed by atoms with E-state index in [4.69, 9.17) is 5.73 Å². The summed E-state index contributed by atoms with van der Waals surface area (Å²) in [5.74, 6) is 0. The zero-order valence-electron chi connectivity index (χ0n) is 9.50. The number of halogens is 3. The van der Waals surface area contributed by atoms with Crippen LogP contribution >= 0.6 is 0 Å². The van der Waals surface area contributed by atoms with Gasteiger partial charge in [-0.1, -0.05) is 0 Å². The molecule has 2 heterocycles. The third-order valence-corrected chi connectivity index (χ3v) is 3.86. The minimum atomic E-state index is -4.06. The fourth-order valence-corrected chi connectivity index (χ4v) is 3.42. The first-order valence-electron chi connectivity index (χ1n) is 5.96. The first-order chi connectivity index (χ1) is 7.37. The third-order valence-electron chi connectivity index (χ3n) is 3.86. The second-order valence-corrected chi connectivity index (χ2v) is 5.23. The topological polar surface area (TPSA) is 29.3 Å². The molecule has 2 saturated heterocycles. The van der Waals surface area contributed by atoms with Gasteiger partial charge in [-0.3, -0.25) is 4.90 Å². The molecule has 0 aromatic heterocycles. The lowest BCUT2D eigenvalue weighted by atomic mass is 9.95. The van der Waals surface area contributed by atoms with E-state index in [0.29, 0.717) is 0 Å². The molecule has 0 amide bonds. The Labute approximate surface area is 94.0 Å². The highest BCUT2D eigenvalue weighted by molar-refractivity contribution is 4.98. The first kappa shape index (κ1) is 12.2. The van der Waals surface area contributed by atoms with E-state index in [0.717, 1.165) is 25.7 Å². The lowest BCUT2D eigenvalue weighted by Crippen LogP contribution is -2.52. The Morgan fingerprint density at radius 2 is 1.75 bits per heavy atom. The highest BCUT2D eigenvalue weighted by atomic mass is 19.4. The lowest BCUT2D eigenvalue weighted by Gasteiger charge is -2.41. The van der Waals surface area contributed by atoms with Crippen molar-refractivity contribution in [1.29, 1.82) is 0 Å². The van der Waals surface area contributed by atoms with Crippen LogP contribution in [-0.4, -0.2) is 35.2 Å². The number of fused-ring (bicyclic) bond motifs is 2. The summed E-state index contributed by atoms with van der Waals surface area (Å²) in [5, 5.41) is 0. The van der Waals surface area contributed by atoms with Gasteiger partial charge in [-0.15, -0.1) is 0 Å². The van der Waals surface area contributed by atoms with E-state index in [1.807, 2.05) is 0 Å². The SMILES string of the molecule is CC(CC(F)(F)F)N1C2CCC1CC(N)C2. The van der Waals surface area contributed by atoms with Gasteiger partial charge in [-0.25, -0.2) is 0 Å². The maximum atomic E-state index is 12.4. The van der Waals surface area contributed by atoms with Gasteiger partial charge < -0.3 is 5.73 Å². The number of nitrogens with two attached hydrogens (primary N) is 1. The minimum Gasteiger partial charge on any atom is -0.328 e. The molecule has 3 unspecified atom stereocenters. The van der Waals surface area contributed by atoms with Crippen molar-refractivity contribution < 1.29 is 13.2 Å². The predicted octanol–water partition coefficient (Wildman–Crippen LogP) is 2.28. The van der Waals surface area contributed by atoms with E-state index in [2.05, 4.69) is 4.90 Å². The number of alkyl halides is 3. The Morgan fingerprint density at radius 3 is 2.19 bits per heavy atom. The number of nitrogens with zero attached hydrogens (tertiary/aromatic N) is 1. The van der Waals surface area contributed by atoms with Crippen molar-refractivity contribution >= 4 is 0 Å². The molecule has 0 spiro atoms. The molecule has 2 aliphatic rings. The summed E-state index contributed by atoms with van der Waals surface area (Å²) >= 11 is 0. The summed E-state index contributed by atoms with van der Waals surface area (Å²) in [5.41, 5.74) is 5.90. The molecule has 0 aliphatic carbocycles. The molecule has 5 heteroatoms. The lowest BCUT2D eigenvalue weighted by molar-refractivity contribution is -0.149. The maximum absolute atomic E-state index is 12.4. The second kappa shape index (κ2) is 4.18. The third kappa shape index (κ3) is 2.51. The Hall–Kier alpha value is -0.290. The zero-order chi connectivity index (χ0) is 11.9. The Kier molecular flexibility index (Phi) is 3.18. The van der Waals surface area contributed by atoms with E-state index < -0.39 is 18.6 Å². The highest BCUT2D eigenvalue weighted by Gasteiger charge is 2.44. The van der Waals surface area contributed by atoms with Crippen LogP contribution in [0.3, 0.4) is 0 Å². The van der Waals surface area contributed by atoms with Crippen LogP contribution in [-0.2, 0) is 0 Å². The van der Waals surface area contributed by atoms with E-state index in [1.54, 1.807) is 6.92 Å². The van der Waals surface area contributed by atoms with E-state index >= 15 is 0 Å². The number of rotatable bonds is 2. The molecule has 0 radical (unpaired) electrons. The molecule has 16 heavy (non-hydrogen) atoms. The van der Waals surface area contributed by atoms with Crippen molar-refractivity contribution in [1.82, 2.24) is 4.90 Å². The van der Waals surface area contributed by atoms with Crippen molar-refractivity contribution in [3.8, 4) is 0 Å². The molecule has 0 aromatic rings. The highest BCUT2D eigenvalue weighted by Crippen LogP contribution is 2.38. The van der Waals surface area contributed by atoms with Crippen molar-refractivity contribution in [2.24, 2.45) is 5.73 Å². The summed E-state index contributed by atoms with van der Waals surface area (Å²) in [6, 6.07) is 0.356. The van der Waals surface area contributed by atoms with E-state index in [9.17, 15) is 13.2 Å². The standard InChI is InChI=1S/C11H19F3N2/c1-7(6-11(12,13)14)16-9-2-3-10(16)5-8(15)4-9/h7-10H,2-6,15H2,1H3. The molecule has 2 rings (SSSR count). The Morgan fingerprint density at radius 1 is 1.25 bits per heavy atom. The minimum absolute atomic E-state index is 0.187. The van der Waals surface area contributed by atoms with Gasteiger partial charge in [-0.2, -0.15) is 13.2 Å². The van der Waals surface area contributed by atoms with Crippen molar-refractivity contribution in [3.63, 3.8) is 0 Å². The molecule has 2 bridgehead atoms. The molecule has 2 fully saturated rings. The molecular formula is C11H19F3N2. The van der Waals surface area contributed by atoms with Crippen LogP contribution in [0.1, 0.15) is 39.0 Å². The summed E-state index contributed by atoms with van der Waals surface area (Å²) < 4.78 is 37.1. The van der Waals surface area contributed by atoms with Gasteiger partial charge in [0.15, 0.2) is 0 Å². The fraction of sp³-hybridized carbons (Fsp3) is 1.00. The molecule has 3 atom stereocenters. The van der Waals surface area contributed by atoms with E-state index in [-0.39, 0.29) is 18.1 Å².